The lowest BCUT2D eigenvalue weighted by atomic mass is 9.78. The maximum absolute atomic E-state index is 10.9. The van der Waals surface area contributed by atoms with Crippen molar-refractivity contribution in [1.29, 1.82) is 0 Å². The molecule has 3 unspecified atom stereocenters. The highest BCUT2D eigenvalue weighted by Crippen LogP contribution is 2.43. The molecule has 3 atom stereocenters. The summed E-state index contributed by atoms with van der Waals surface area (Å²) in [6, 6.07) is 9.46. The number of rotatable bonds is 4. The monoisotopic (exact) mass is 273 g/mol. The van der Waals surface area contributed by atoms with Gasteiger partial charge >= 0.3 is 0 Å². The fraction of sp³-hybridized carbons (Fsp3) is 0.667. The highest BCUT2D eigenvalue weighted by molar-refractivity contribution is 5.35. The molecule has 1 fully saturated rings. The number of hydrogen-bond acceptors (Lipinski definition) is 2. The van der Waals surface area contributed by atoms with E-state index in [0.29, 0.717) is 17.9 Å². The fourth-order valence-electron chi connectivity index (χ4n) is 3.75. The topological polar surface area (TPSA) is 23.5 Å². The van der Waals surface area contributed by atoms with Gasteiger partial charge < -0.3 is 5.11 Å². The minimum atomic E-state index is -0.318. The van der Waals surface area contributed by atoms with Crippen LogP contribution >= 0.6 is 0 Å². The number of aliphatic hydroxyl groups is 1. The van der Waals surface area contributed by atoms with Gasteiger partial charge in [-0.05, 0) is 42.2 Å². The molecule has 0 aromatic heterocycles. The fourth-order valence-corrected chi connectivity index (χ4v) is 3.75. The summed E-state index contributed by atoms with van der Waals surface area (Å²) >= 11 is 0. The second-order valence-electron chi connectivity index (χ2n) is 7.10. The van der Waals surface area contributed by atoms with Crippen molar-refractivity contribution >= 4 is 0 Å². The molecule has 0 spiro atoms. The lowest BCUT2D eigenvalue weighted by Gasteiger charge is -2.42. The molecule has 1 aromatic carbocycles. The molecule has 0 radical (unpaired) electrons. The standard InChI is InChI=1S/C18H27NO/c1-12(2)11-19(14-8-9-14)17-10-13(3)15-6-4-5-7-16(15)18(17)20/h4-7,12-14,17-18,20H,8-11H2,1-3H3. The smallest absolute Gasteiger partial charge is 0.0948 e. The SMILES string of the molecule is CC(C)CN(C1CC1)C1CC(C)c2ccccc2C1O. The molecule has 0 amide bonds. The Kier molecular flexibility index (Phi) is 3.87. The summed E-state index contributed by atoms with van der Waals surface area (Å²) in [6.45, 7) is 7.98. The van der Waals surface area contributed by atoms with Crippen molar-refractivity contribution in [2.75, 3.05) is 6.54 Å². The lowest BCUT2D eigenvalue weighted by Crippen LogP contribution is -2.45. The number of fused-ring (bicyclic) bond motifs is 1. The van der Waals surface area contributed by atoms with Crippen LogP contribution in [0.2, 0.25) is 0 Å². The highest BCUT2D eigenvalue weighted by atomic mass is 16.3. The van der Waals surface area contributed by atoms with Crippen LogP contribution in [0.15, 0.2) is 24.3 Å². The number of aliphatic hydroxyl groups excluding tert-OH is 1. The van der Waals surface area contributed by atoms with E-state index < -0.39 is 0 Å². The summed E-state index contributed by atoms with van der Waals surface area (Å²) in [6.07, 6.45) is 3.39. The van der Waals surface area contributed by atoms with Crippen molar-refractivity contribution < 1.29 is 5.11 Å². The van der Waals surface area contributed by atoms with E-state index in [1.807, 2.05) is 0 Å². The maximum Gasteiger partial charge on any atom is 0.0948 e. The molecule has 3 rings (SSSR count). The minimum absolute atomic E-state index is 0.301. The minimum Gasteiger partial charge on any atom is -0.387 e. The zero-order valence-corrected chi connectivity index (χ0v) is 12.9. The Hall–Kier alpha value is -0.860. The molecular weight excluding hydrogens is 246 g/mol. The molecule has 0 saturated heterocycles. The summed E-state index contributed by atoms with van der Waals surface area (Å²) in [5.74, 6) is 1.21. The van der Waals surface area contributed by atoms with Crippen LogP contribution in [0.3, 0.4) is 0 Å². The van der Waals surface area contributed by atoms with Crippen molar-refractivity contribution in [2.45, 2.75) is 64.1 Å². The zero-order valence-electron chi connectivity index (χ0n) is 12.9. The first-order valence-electron chi connectivity index (χ1n) is 8.10. The van der Waals surface area contributed by atoms with Crippen LogP contribution in [0.25, 0.3) is 0 Å². The molecule has 2 aliphatic rings. The van der Waals surface area contributed by atoms with Gasteiger partial charge in [-0.25, -0.2) is 0 Å². The largest absolute Gasteiger partial charge is 0.387 e. The number of nitrogens with zero attached hydrogens (tertiary/aromatic N) is 1. The van der Waals surface area contributed by atoms with E-state index in [2.05, 4.69) is 49.9 Å². The van der Waals surface area contributed by atoms with Gasteiger partial charge in [0.1, 0.15) is 0 Å². The molecule has 0 aliphatic heterocycles. The Labute approximate surface area is 122 Å². The van der Waals surface area contributed by atoms with Gasteiger partial charge in [-0.1, -0.05) is 45.0 Å². The Bertz CT molecular complexity index is 466. The third-order valence-electron chi connectivity index (χ3n) is 4.82. The van der Waals surface area contributed by atoms with Gasteiger partial charge in [0.25, 0.3) is 0 Å². The summed E-state index contributed by atoms with van der Waals surface area (Å²) in [5, 5.41) is 10.9. The van der Waals surface area contributed by atoms with Gasteiger partial charge in [-0.3, -0.25) is 4.90 Å². The lowest BCUT2D eigenvalue weighted by molar-refractivity contribution is 0.0203. The molecule has 20 heavy (non-hydrogen) atoms. The van der Waals surface area contributed by atoms with E-state index in [0.717, 1.165) is 24.6 Å². The van der Waals surface area contributed by atoms with Gasteiger partial charge in [-0.2, -0.15) is 0 Å². The van der Waals surface area contributed by atoms with E-state index in [4.69, 9.17) is 0 Å². The molecule has 1 saturated carbocycles. The highest BCUT2D eigenvalue weighted by Gasteiger charge is 2.41. The summed E-state index contributed by atoms with van der Waals surface area (Å²) in [7, 11) is 0. The predicted octanol–water partition coefficient (Wildman–Crippen LogP) is 3.72. The van der Waals surface area contributed by atoms with Gasteiger partial charge in [0, 0.05) is 18.6 Å². The predicted molar refractivity (Wildman–Crippen MR) is 82.8 cm³/mol. The molecule has 0 heterocycles. The van der Waals surface area contributed by atoms with Crippen LogP contribution in [0.5, 0.6) is 0 Å². The average Bonchev–Trinajstić information content (AvgIpc) is 3.25. The van der Waals surface area contributed by atoms with Gasteiger partial charge in [0.05, 0.1) is 6.10 Å². The van der Waals surface area contributed by atoms with E-state index in [9.17, 15) is 5.11 Å². The number of benzene rings is 1. The van der Waals surface area contributed by atoms with Crippen molar-refractivity contribution in [3.05, 3.63) is 35.4 Å². The van der Waals surface area contributed by atoms with Crippen LogP contribution < -0.4 is 0 Å². The molecule has 1 aromatic rings. The Morgan fingerprint density at radius 1 is 1.20 bits per heavy atom. The Morgan fingerprint density at radius 2 is 1.85 bits per heavy atom. The average molecular weight is 273 g/mol. The first-order valence-corrected chi connectivity index (χ1v) is 8.10. The molecule has 2 heteroatoms. The second-order valence-corrected chi connectivity index (χ2v) is 7.10. The third kappa shape index (κ3) is 2.64. The van der Waals surface area contributed by atoms with Crippen LogP contribution in [0, 0.1) is 5.92 Å². The molecule has 2 aliphatic carbocycles. The molecular formula is C18H27NO. The van der Waals surface area contributed by atoms with Crippen LogP contribution in [-0.4, -0.2) is 28.6 Å². The van der Waals surface area contributed by atoms with Gasteiger partial charge in [-0.15, -0.1) is 0 Å². The Morgan fingerprint density at radius 3 is 2.45 bits per heavy atom. The first kappa shape index (κ1) is 14.1. The molecule has 0 bridgehead atoms. The molecule has 2 nitrogen and oxygen atoms in total. The van der Waals surface area contributed by atoms with Gasteiger partial charge in [0.15, 0.2) is 0 Å². The summed E-state index contributed by atoms with van der Waals surface area (Å²) < 4.78 is 0. The summed E-state index contributed by atoms with van der Waals surface area (Å²) in [4.78, 5) is 2.60. The maximum atomic E-state index is 10.9. The second kappa shape index (κ2) is 5.50. The van der Waals surface area contributed by atoms with E-state index in [1.54, 1.807) is 0 Å². The number of hydrogen-bond donors (Lipinski definition) is 1. The van der Waals surface area contributed by atoms with E-state index in [-0.39, 0.29) is 6.10 Å². The van der Waals surface area contributed by atoms with Gasteiger partial charge in [0.2, 0.25) is 0 Å². The normalized spacial score (nSPS) is 29.8. The quantitative estimate of drug-likeness (QED) is 0.904. The van der Waals surface area contributed by atoms with E-state index >= 15 is 0 Å². The van der Waals surface area contributed by atoms with Crippen LogP contribution in [0.1, 0.15) is 63.2 Å². The van der Waals surface area contributed by atoms with Crippen molar-refractivity contribution in [3.63, 3.8) is 0 Å². The van der Waals surface area contributed by atoms with Crippen LogP contribution in [0.4, 0.5) is 0 Å². The van der Waals surface area contributed by atoms with E-state index in [1.165, 1.54) is 18.4 Å². The zero-order chi connectivity index (χ0) is 14.3. The summed E-state index contributed by atoms with van der Waals surface area (Å²) in [5.41, 5.74) is 2.50. The van der Waals surface area contributed by atoms with Crippen molar-refractivity contribution in [3.8, 4) is 0 Å². The van der Waals surface area contributed by atoms with Crippen molar-refractivity contribution in [1.82, 2.24) is 4.90 Å². The first-order chi connectivity index (χ1) is 9.58. The third-order valence-corrected chi connectivity index (χ3v) is 4.82. The molecule has 110 valence electrons. The van der Waals surface area contributed by atoms with Crippen LogP contribution in [-0.2, 0) is 0 Å². The van der Waals surface area contributed by atoms with Crippen molar-refractivity contribution in [2.24, 2.45) is 5.92 Å². The molecule has 1 N–H and O–H groups in total. The Balaban J connectivity index is 1.87.